The molecule has 30 heavy (non-hydrogen) atoms. The number of aromatic nitrogens is 4. The molecule has 3 heterocycles. The molecule has 11 heteroatoms. The summed E-state index contributed by atoms with van der Waals surface area (Å²) in [4.78, 5) is 30.4. The van der Waals surface area contributed by atoms with E-state index in [9.17, 15) is 18.0 Å². The monoisotopic (exact) mass is 439 g/mol. The lowest BCUT2D eigenvalue weighted by atomic mass is 10.3. The highest BCUT2D eigenvalue weighted by molar-refractivity contribution is 7.99. The maximum Gasteiger partial charge on any atom is 0.433 e. The van der Waals surface area contributed by atoms with Crippen molar-refractivity contribution in [2.75, 3.05) is 17.9 Å². The average molecular weight is 439 g/mol. The van der Waals surface area contributed by atoms with Crippen molar-refractivity contribution < 1.29 is 22.8 Å². The minimum Gasteiger partial charge on any atom is -0.325 e. The van der Waals surface area contributed by atoms with Crippen molar-refractivity contribution in [1.29, 1.82) is 0 Å². The number of hydroxylamine groups is 1. The summed E-state index contributed by atoms with van der Waals surface area (Å²) in [6.07, 6.45) is -1.66. The molecule has 0 radical (unpaired) electrons. The molecule has 160 valence electrons. The van der Waals surface area contributed by atoms with Crippen LogP contribution in [0.3, 0.4) is 0 Å². The SMILES string of the molecule is CCSc1cc(N(OC)C(=O)CC)cnc1-c1nc2cc(C(F)(F)F)ncc2n1C. The van der Waals surface area contributed by atoms with Gasteiger partial charge >= 0.3 is 6.18 Å². The number of anilines is 1. The van der Waals surface area contributed by atoms with Crippen molar-refractivity contribution in [3.05, 3.63) is 30.2 Å². The number of amides is 1. The number of hydrogen-bond donors (Lipinski definition) is 0. The van der Waals surface area contributed by atoms with Crippen LogP contribution in [0.5, 0.6) is 0 Å². The second kappa shape index (κ2) is 8.60. The van der Waals surface area contributed by atoms with Gasteiger partial charge in [0.15, 0.2) is 5.82 Å². The van der Waals surface area contributed by atoms with Gasteiger partial charge in [-0.3, -0.25) is 9.63 Å². The summed E-state index contributed by atoms with van der Waals surface area (Å²) in [5, 5.41) is 1.16. The van der Waals surface area contributed by atoms with Gasteiger partial charge in [-0.25, -0.2) is 15.0 Å². The van der Waals surface area contributed by atoms with Crippen molar-refractivity contribution in [2.24, 2.45) is 7.05 Å². The molecular weight excluding hydrogens is 419 g/mol. The number of aryl methyl sites for hydroxylation is 1. The molecule has 0 saturated heterocycles. The number of carbonyl (C=O) groups is 1. The molecule has 0 aliphatic rings. The van der Waals surface area contributed by atoms with Gasteiger partial charge in [-0.15, -0.1) is 11.8 Å². The Morgan fingerprint density at radius 3 is 2.57 bits per heavy atom. The maximum absolute atomic E-state index is 13.0. The van der Waals surface area contributed by atoms with Crippen LogP contribution < -0.4 is 5.06 Å². The molecule has 3 aromatic heterocycles. The Morgan fingerprint density at radius 2 is 1.97 bits per heavy atom. The van der Waals surface area contributed by atoms with Crippen molar-refractivity contribution in [3.8, 4) is 11.5 Å². The fourth-order valence-electron chi connectivity index (χ4n) is 2.93. The lowest BCUT2D eigenvalue weighted by Gasteiger charge is -2.20. The Hall–Kier alpha value is -2.66. The quantitative estimate of drug-likeness (QED) is 0.417. The van der Waals surface area contributed by atoms with Crippen LogP contribution in [0, 0.1) is 0 Å². The fourth-order valence-corrected chi connectivity index (χ4v) is 3.72. The van der Waals surface area contributed by atoms with E-state index in [0.717, 1.165) is 28.0 Å². The summed E-state index contributed by atoms with van der Waals surface area (Å²) >= 11 is 1.48. The number of alkyl halides is 3. The first-order chi connectivity index (χ1) is 14.2. The van der Waals surface area contributed by atoms with E-state index in [1.807, 2.05) is 6.92 Å². The molecule has 1 amide bonds. The van der Waals surface area contributed by atoms with E-state index in [-0.39, 0.29) is 17.8 Å². The van der Waals surface area contributed by atoms with Gasteiger partial charge in [0, 0.05) is 18.4 Å². The smallest absolute Gasteiger partial charge is 0.325 e. The third kappa shape index (κ3) is 4.12. The zero-order valence-electron chi connectivity index (χ0n) is 16.8. The van der Waals surface area contributed by atoms with Crippen LogP contribution in [0.2, 0.25) is 0 Å². The molecule has 0 aliphatic carbocycles. The number of rotatable bonds is 6. The zero-order chi connectivity index (χ0) is 22.1. The van der Waals surface area contributed by atoms with Crippen LogP contribution in [-0.2, 0) is 22.9 Å². The molecule has 3 rings (SSSR count). The van der Waals surface area contributed by atoms with Crippen LogP contribution in [0.15, 0.2) is 29.4 Å². The molecule has 0 fully saturated rings. The predicted molar refractivity (Wildman–Crippen MR) is 108 cm³/mol. The number of pyridine rings is 2. The van der Waals surface area contributed by atoms with Crippen molar-refractivity contribution in [3.63, 3.8) is 0 Å². The highest BCUT2D eigenvalue weighted by atomic mass is 32.2. The number of carbonyl (C=O) groups excluding carboxylic acids is 1. The fraction of sp³-hybridized carbons (Fsp3) is 0.368. The van der Waals surface area contributed by atoms with Crippen LogP contribution in [0.1, 0.15) is 26.0 Å². The normalized spacial score (nSPS) is 11.8. The first-order valence-corrected chi connectivity index (χ1v) is 10.1. The largest absolute Gasteiger partial charge is 0.433 e. The van der Waals surface area contributed by atoms with Crippen molar-refractivity contribution in [1.82, 2.24) is 19.5 Å². The highest BCUT2D eigenvalue weighted by Gasteiger charge is 2.33. The van der Waals surface area contributed by atoms with E-state index in [2.05, 4.69) is 15.0 Å². The van der Waals surface area contributed by atoms with E-state index >= 15 is 0 Å². The van der Waals surface area contributed by atoms with Gasteiger partial charge in [0.25, 0.3) is 5.91 Å². The molecule has 0 unspecified atom stereocenters. The van der Waals surface area contributed by atoms with Gasteiger partial charge in [0.2, 0.25) is 0 Å². The summed E-state index contributed by atoms with van der Waals surface area (Å²) in [5.74, 6) is 0.892. The Balaban J connectivity index is 2.13. The minimum atomic E-state index is -4.55. The first kappa shape index (κ1) is 22.0. The summed E-state index contributed by atoms with van der Waals surface area (Å²) < 4.78 is 40.7. The first-order valence-electron chi connectivity index (χ1n) is 9.11. The van der Waals surface area contributed by atoms with Gasteiger partial charge in [-0.2, -0.15) is 18.2 Å². The molecule has 0 atom stereocenters. The van der Waals surface area contributed by atoms with Crippen LogP contribution in [0.4, 0.5) is 18.9 Å². The second-order valence-corrected chi connectivity index (χ2v) is 7.55. The molecule has 0 spiro atoms. The Bertz CT molecular complexity index is 1080. The summed E-state index contributed by atoms with van der Waals surface area (Å²) in [5.41, 5.74) is 0.588. The highest BCUT2D eigenvalue weighted by Crippen LogP contribution is 2.35. The molecule has 0 aliphatic heterocycles. The Morgan fingerprint density at radius 1 is 1.23 bits per heavy atom. The van der Waals surface area contributed by atoms with Crippen LogP contribution in [-0.4, -0.2) is 38.3 Å². The topological polar surface area (TPSA) is 73.1 Å². The molecule has 0 saturated carbocycles. The lowest BCUT2D eigenvalue weighted by Crippen LogP contribution is -2.29. The third-order valence-corrected chi connectivity index (χ3v) is 5.26. The molecule has 3 aromatic rings. The predicted octanol–water partition coefficient (Wildman–Crippen LogP) is 4.47. The number of halogens is 3. The van der Waals surface area contributed by atoms with E-state index < -0.39 is 11.9 Å². The standard InChI is InChI=1S/C19H20F3N5O2S/c1-5-16(28)27(29-4)11-7-14(30-6-2)17(24-9-11)18-25-12-8-15(19(20,21)22)23-10-13(12)26(18)3/h7-10H,5-6H2,1-4H3. The number of fused-ring (bicyclic) bond motifs is 1. The Kier molecular flexibility index (Phi) is 6.32. The second-order valence-electron chi connectivity index (χ2n) is 6.25. The zero-order valence-corrected chi connectivity index (χ0v) is 17.6. The summed E-state index contributed by atoms with van der Waals surface area (Å²) in [6.45, 7) is 3.68. The van der Waals surface area contributed by atoms with Gasteiger partial charge in [-0.1, -0.05) is 13.8 Å². The Labute approximate surface area is 175 Å². The van der Waals surface area contributed by atoms with Gasteiger partial charge in [0.05, 0.1) is 36.2 Å². The third-order valence-electron chi connectivity index (χ3n) is 4.35. The molecule has 0 aromatic carbocycles. The van der Waals surface area contributed by atoms with Crippen LogP contribution in [0.25, 0.3) is 22.6 Å². The van der Waals surface area contributed by atoms with E-state index in [4.69, 9.17) is 4.84 Å². The number of imidazole rings is 1. The summed E-state index contributed by atoms with van der Waals surface area (Å²) in [7, 11) is 3.09. The maximum atomic E-state index is 13.0. The molecular formula is C19H20F3N5O2S. The minimum absolute atomic E-state index is 0.174. The number of hydrogen-bond acceptors (Lipinski definition) is 6. The van der Waals surface area contributed by atoms with Crippen molar-refractivity contribution in [2.45, 2.75) is 31.3 Å². The van der Waals surface area contributed by atoms with Crippen LogP contribution >= 0.6 is 11.8 Å². The van der Waals surface area contributed by atoms with Gasteiger partial charge in [-0.05, 0) is 17.9 Å². The molecule has 0 bridgehead atoms. The van der Waals surface area contributed by atoms with Gasteiger partial charge < -0.3 is 4.57 Å². The molecule has 7 nitrogen and oxygen atoms in total. The number of thioether (sulfide) groups is 1. The average Bonchev–Trinajstić information content (AvgIpc) is 3.04. The van der Waals surface area contributed by atoms with E-state index in [1.165, 1.54) is 25.1 Å². The van der Waals surface area contributed by atoms with E-state index in [1.54, 1.807) is 24.6 Å². The van der Waals surface area contributed by atoms with Gasteiger partial charge in [0.1, 0.15) is 11.4 Å². The van der Waals surface area contributed by atoms with E-state index in [0.29, 0.717) is 22.7 Å². The lowest BCUT2D eigenvalue weighted by molar-refractivity contribution is -0.141. The van der Waals surface area contributed by atoms with Crippen molar-refractivity contribution >= 4 is 34.4 Å². The number of nitrogens with zero attached hydrogens (tertiary/aromatic N) is 5. The molecule has 0 N–H and O–H groups in total. The summed E-state index contributed by atoms with van der Waals surface area (Å²) in [6, 6.07) is 2.68.